The summed E-state index contributed by atoms with van der Waals surface area (Å²) in [6.45, 7) is 2.03. The predicted molar refractivity (Wildman–Crippen MR) is 107 cm³/mol. The summed E-state index contributed by atoms with van der Waals surface area (Å²) in [6, 6.07) is 6.26. The molecule has 1 aliphatic carbocycles. The van der Waals surface area contributed by atoms with Crippen LogP contribution in [-0.4, -0.2) is 49.6 Å². The molecule has 2 N–H and O–H groups in total. The molecule has 26 heavy (non-hydrogen) atoms. The maximum absolute atomic E-state index is 12.4. The number of rotatable bonds is 12. The van der Waals surface area contributed by atoms with Crippen LogP contribution in [0.5, 0.6) is 0 Å². The molecule has 144 valence electrons. The molecule has 0 aliphatic heterocycles. The van der Waals surface area contributed by atoms with E-state index in [0.717, 1.165) is 24.7 Å². The van der Waals surface area contributed by atoms with Crippen molar-refractivity contribution in [3.8, 4) is 0 Å². The van der Waals surface area contributed by atoms with E-state index < -0.39 is 6.04 Å². The number of halogens is 1. The molecule has 1 aromatic carbocycles. The molecule has 1 saturated carbocycles. The first-order chi connectivity index (χ1) is 12.6. The number of carbonyl (C=O) groups excluding carboxylic acids is 2. The molecule has 0 bridgehead atoms. The Morgan fingerprint density at radius 2 is 2.12 bits per heavy atom. The molecule has 1 unspecified atom stereocenters. The Bertz CT molecular complexity index is 596. The van der Waals surface area contributed by atoms with Crippen molar-refractivity contribution in [2.24, 2.45) is 5.92 Å². The van der Waals surface area contributed by atoms with Gasteiger partial charge in [0, 0.05) is 19.8 Å². The second-order valence-corrected chi connectivity index (χ2v) is 7.84. The minimum atomic E-state index is -0.571. The van der Waals surface area contributed by atoms with Gasteiger partial charge < -0.3 is 15.4 Å². The average molecular weight is 399 g/mol. The Kier molecular flexibility index (Phi) is 9.29. The third-order valence-electron chi connectivity index (χ3n) is 4.17. The van der Waals surface area contributed by atoms with Crippen LogP contribution in [0.3, 0.4) is 0 Å². The number of thioether (sulfide) groups is 1. The van der Waals surface area contributed by atoms with Gasteiger partial charge in [-0.3, -0.25) is 9.59 Å². The number of amides is 2. The van der Waals surface area contributed by atoms with E-state index in [-0.39, 0.29) is 11.8 Å². The zero-order valence-corrected chi connectivity index (χ0v) is 16.7. The number of carbonyl (C=O) groups is 2. The van der Waals surface area contributed by atoms with E-state index in [2.05, 4.69) is 10.6 Å². The minimum absolute atomic E-state index is 0.165. The molecule has 1 atom stereocenters. The fourth-order valence-corrected chi connectivity index (χ4v) is 3.12. The van der Waals surface area contributed by atoms with Crippen LogP contribution < -0.4 is 10.6 Å². The molecule has 0 saturated heterocycles. The summed E-state index contributed by atoms with van der Waals surface area (Å²) >= 11 is 7.71. The van der Waals surface area contributed by atoms with Crippen molar-refractivity contribution >= 4 is 35.2 Å². The van der Waals surface area contributed by atoms with Gasteiger partial charge in [-0.15, -0.1) is 0 Å². The Morgan fingerprint density at radius 3 is 2.81 bits per heavy atom. The highest BCUT2D eigenvalue weighted by Crippen LogP contribution is 2.28. The Hall–Kier alpha value is -1.24. The SMILES string of the molecule is CSCCC(NC(=O)c1ccccc1Cl)C(=O)NCCCOCC1CC1. The molecule has 1 aromatic rings. The van der Waals surface area contributed by atoms with Gasteiger partial charge in [-0.1, -0.05) is 23.7 Å². The number of nitrogens with one attached hydrogen (secondary N) is 2. The van der Waals surface area contributed by atoms with Crippen molar-refractivity contribution < 1.29 is 14.3 Å². The van der Waals surface area contributed by atoms with Crippen LogP contribution in [0.2, 0.25) is 5.02 Å². The smallest absolute Gasteiger partial charge is 0.253 e. The monoisotopic (exact) mass is 398 g/mol. The van der Waals surface area contributed by atoms with Crippen LogP contribution in [0.4, 0.5) is 0 Å². The standard InChI is InChI=1S/C19H27ClN2O3S/c1-26-12-9-17(22-18(23)15-5-2-3-6-16(15)20)19(24)21-10-4-11-25-13-14-7-8-14/h2-3,5-6,14,17H,4,7-13H2,1H3,(H,21,24)(H,22,23). The summed E-state index contributed by atoms with van der Waals surface area (Å²) in [5, 5.41) is 6.07. The summed E-state index contributed by atoms with van der Waals surface area (Å²) in [7, 11) is 0. The van der Waals surface area contributed by atoms with Gasteiger partial charge in [0.25, 0.3) is 5.91 Å². The molecule has 2 amide bonds. The van der Waals surface area contributed by atoms with Crippen LogP contribution in [-0.2, 0) is 9.53 Å². The Labute approximate surface area is 164 Å². The van der Waals surface area contributed by atoms with E-state index in [0.29, 0.717) is 30.2 Å². The zero-order valence-electron chi connectivity index (χ0n) is 15.1. The summed E-state index contributed by atoms with van der Waals surface area (Å²) in [6.07, 6.45) is 5.87. The third-order valence-corrected chi connectivity index (χ3v) is 5.14. The van der Waals surface area contributed by atoms with Gasteiger partial charge in [0.1, 0.15) is 6.04 Å². The summed E-state index contributed by atoms with van der Waals surface area (Å²) in [5.41, 5.74) is 0.379. The number of hydrogen-bond donors (Lipinski definition) is 2. The molecule has 0 heterocycles. The predicted octanol–water partition coefficient (Wildman–Crippen LogP) is 3.12. The van der Waals surface area contributed by atoms with Crippen molar-refractivity contribution in [3.05, 3.63) is 34.9 Å². The molecular formula is C19H27ClN2O3S. The lowest BCUT2D eigenvalue weighted by atomic mass is 10.1. The quantitative estimate of drug-likeness (QED) is 0.531. The van der Waals surface area contributed by atoms with Gasteiger partial charge in [0.15, 0.2) is 0 Å². The lowest BCUT2D eigenvalue weighted by molar-refractivity contribution is -0.123. The number of hydrogen-bond acceptors (Lipinski definition) is 4. The third kappa shape index (κ3) is 7.56. The van der Waals surface area contributed by atoms with Crippen LogP contribution >= 0.6 is 23.4 Å². The highest BCUT2D eigenvalue weighted by Gasteiger charge is 2.22. The summed E-state index contributed by atoms with van der Waals surface area (Å²) < 4.78 is 5.56. The first-order valence-electron chi connectivity index (χ1n) is 9.01. The average Bonchev–Trinajstić information content (AvgIpc) is 3.45. The summed E-state index contributed by atoms with van der Waals surface area (Å²) in [4.78, 5) is 24.9. The van der Waals surface area contributed by atoms with Crippen molar-refractivity contribution in [1.82, 2.24) is 10.6 Å². The molecule has 7 heteroatoms. The van der Waals surface area contributed by atoms with E-state index in [9.17, 15) is 9.59 Å². The molecule has 1 aliphatic rings. The van der Waals surface area contributed by atoms with Crippen molar-refractivity contribution in [1.29, 1.82) is 0 Å². The van der Waals surface area contributed by atoms with Gasteiger partial charge in [-0.05, 0) is 55.7 Å². The molecule has 0 radical (unpaired) electrons. The minimum Gasteiger partial charge on any atom is -0.381 e. The van der Waals surface area contributed by atoms with Crippen LogP contribution in [0.15, 0.2) is 24.3 Å². The number of benzene rings is 1. The van der Waals surface area contributed by atoms with Crippen molar-refractivity contribution in [2.45, 2.75) is 31.7 Å². The van der Waals surface area contributed by atoms with Crippen molar-refractivity contribution in [3.63, 3.8) is 0 Å². The fourth-order valence-electron chi connectivity index (χ4n) is 2.43. The molecule has 1 fully saturated rings. The lowest BCUT2D eigenvalue weighted by Gasteiger charge is -2.18. The van der Waals surface area contributed by atoms with E-state index in [1.54, 1.807) is 36.0 Å². The topological polar surface area (TPSA) is 67.4 Å². The number of ether oxygens (including phenoxy) is 1. The first kappa shape index (κ1) is 21.1. The second kappa shape index (κ2) is 11.5. The Balaban J connectivity index is 1.77. The second-order valence-electron chi connectivity index (χ2n) is 6.45. The van der Waals surface area contributed by atoms with Crippen LogP contribution in [0.1, 0.15) is 36.0 Å². The lowest BCUT2D eigenvalue weighted by Crippen LogP contribution is -2.47. The molecule has 0 aromatic heterocycles. The van der Waals surface area contributed by atoms with Crippen LogP contribution in [0.25, 0.3) is 0 Å². The van der Waals surface area contributed by atoms with Crippen molar-refractivity contribution in [2.75, 3.05) is 31.8 Å². The van der Waals surface area contributed by atoms with E-state index in [1.165, 1.54) is 12.8 Å². The molecule has 0 spiro atoms. The van der Waals surface area contributed by atoms with Gasteiger partial charge in [0.2, 0.25) is 5.91 Å². The summed E-state index contributed by atoms with van der Waals surface area (Å²) in [5.74, 6) is 1.04. The van der Waals surface area contributed by atoms with Gasteiger partial charge in [-0.25, -0.2) is 0 Å². The van der Waals surface area contributed by atoms with E-state index in [1.807, 2.05) is 6.26 Å². The molecule has 5 nitrogen and oxygen atoms in total. The van der Waals surface area contributed by atoms with Gasteiger partial charge in [-0.2, -0.15) is 11.8 Å². The van der Waals surface area contributed by atoms with Crippen LogP contribution in [0, 0.1) is 5.92 Å². The maximum atomic E-state index is 12.4. The highest BCUT2D eigenvalue weighted by atomic mass is 35.5. The molecular weight excluding hydrogens is 372 g/mol. The maximum Gasteiger partial charge on any atom is 0.253 e. The van der Waals surface area contributed by atoms with E-state index >= 15 is 0 Å². The first-order valence-corrected chi connectivity index (χ1v) is 10.8. The van der Waals surface area contributed by atoms with Gasteiger partial charge >= 0.3 is 0 Å². The zero-order chi connectivity index (χ0) is 18.8. The normalized spacial score (nSPS) is 14.7. The van der Waals surface area contributed by atoms with E-state index in [4.69, 9.17) is 16.3 Å². The Morgan fingerprint density at radius 1 is 1.35 bits per heavy atom. The van der Waals surface area contributed by atoms with Gasteiger partial charge in [0.05, 0.1) is 10.6 Å². The largest absolute Gasteiger partial charge is 0.381 e. The fraction of sp³-hybridized carbons (Fsp3) is 0.579. The highest BCUT2D eigenvalue weighted by molar-refractivity contribution is 7.98. The molecule has 2 rings (SSSR count).